The summed E-state index contributed by atoms with van der Waals surface area (Å²) in [5.74, 6) is -0.0521. The second kappa shape index (κ2) is 5.74. The Labute approximate surface area is 127 Å². The van der Waals surface area contributed by atoms with E-state index in [0.717, 1.165) is 24.9 Å². The summed E-state index contributed by atoms with van der Waals surface area (Å²) in [6.07, 6.45) is 3.39. The molecule has 5 heteroatoms. The van der Waals surface area contributed by atoms with Gasteiger partial charge < -0.3 is 9.88 Å². The zero-order valence-corrected chi connectivity index (χ0v) is 12.1. The Hall–Kier alpha value is -2.07. The predicted octanol–water partition coefficient (Wildman–Crippen LogP) is 3.01. The van der Waals surface area contributed by atoms with Crippen molar-refractivity contribution in [3.63, 3.8) is 0 Å². The van der Waals surface area contributed by atoms with Gasteiger partial charge in [0.05, 0.1) is 11.6 Å². The normalized spacial score (nSPS) is 18.0. The maximum atomic E-state index is 12.6. The molecule has 4 nitrogen and oxygen atoms in total. The van der Waals surface area contributed by atoms with Crippen LogP contribution in [0.4, 0.5) is 0 Å². The molecule has 108 valence electrons. The largest absolute Gasteiger partial charge is 0.332 e. The van der Waals surface area contributed by atoms with Crippen LogP contribution in [-0.2, 0) is 0 Å². The molecule has 2 heterocycles. The van der Waals surface area contributed by atoms with Gasteiger partial charge in [-0.2, -0.15) is 0 Å². The Bertz CT molecular complexity index is 688. The molecule has 1 aliphatic heterocycles. The van der Waals surface area contributed by atoms with E-state index >= 15 is 0 Å². The highest BCUT2D eigenvalue weighted by Gasteiger charge is 2.30. The van der Waals surface area contributed by atoms with Gasteiger partial charge in [-0.15, -0.1) is 0 Å². The fraction of sp³-hybridized carbons (Fsp3) is 0.250. The van der Waals surface area contributed by atoms with Crippen molar-refractivity contribution < 1.29 is 4.79 Å². The van der Waals surface area contributed by atoms with Crippen LogP contribution in [0.25, 0.3) is 0 Å². The van der Waals surface area contributed by atoms with Crippen molar-refractivity contribution in [3.05, 3.63) is 69.1 Å². The Balaban J connectivity index is 1.86. The molecule has 1 aromatic carbocycles. The van der Waals surface area contributed by atoms with Crippen LogP contribution in [0.5, 0.6) is 0 Å². The molecule has 0 radical (unpaired) electrons. The van der Waals surface area contributed by atoms with Crippen molar-refractivity contribution in [2.75, 3.05) is 6.54 Å². The van der Waals surface area contributed by atoms with E-state index in [0.29, 0.717) is 10.6 Å². The second-order valence-electron chi connectivity index (χ2n) is 5.15. The number of aromatic amines is 1. The fourth-order valence-corrected chi connectivity index (χ4v) is 2.88. The van der Waals surface area contributed by atoms with Crippen LogP contribution in [-0.4, -0.2) is 22.3 Å². The number of amides is 1. The van der Waals surface area contributed by atoms with E-state index in [1.54, 1.807) is 6.07 Å². The number of rotatable bonds is 2. The minimum atomic E-state index is -0.206. The first-order valence-electron chi connectivity index (χ1n) is 6.90. The van der Waals surface area contributed by atoms with Crippen LogP contribution in [0.1, 0.15) is 34.8 Å². The van der Waals surface area contributed by atoms with Crippen molar-refractivity contribution in [3.8, 4) is 0 Å². The zero-order chi connectivity index (χ0) is 14.8. The summed E-state index contributed by atoms with van der Waals surface area (Å²) >= 11 is 5.91. The van der Waals surface area contributed by atoms with Crippen molar-refractivity contribution in [1.82, 2.24) is 9.88 Å². The smallest absolute Gasteiger partial charge is 0.255 e. The molecular weight excluding hydrogens is 288 g/mol. The molecule has 2 aromatic rings. The molecule has 1 atom stereocenters. The predicted molar refractivity (Wildman–Crippen MR) is 81.5 cm³/mol. The van der Waals surface area contributed by atoms with E-state index in [4.69, 9.17) is 11.6 Å². The summed E-state index contributed by atoms with van der Waals surface area (Å²) in [4.78, 5) is 28.1. The Kier molecular flexibility index (Phi) is 3.80. The summed E-state index contributed by atoms with van der Waals surface area (Å²) in [6, 6.07) is 10.6. The lowest BCUT2D eigenvalue weighted by molar-refractivity contribution is 0.0735. The van der Waals surface area contributed by atoms with Crippen molar-refractivity contribution in [2.45, 2.75) is 18.9 Å². The van der Waals surface area contributed by atoms with Gasteiger partial charge in [-0.05, 0) is 36.6 Å². The maximum Gasteiger partial charge on any atom is 0.255 e. The lowest BCUT2D eigenvalue weighted by Gasteiger charge is -2.25. The van der Waals surface area contributed by atoms with Gasteiger partial charge in [-0.25, -0.2) is 0 Å². The van der Waals surface area contributed by atoms with Crippen molar-refractivity contribution in [1.29, 1.82) is 0 Å². The fourth-order valence-electron chi connectivity index (χ4n) is 2.75. The average molecular weight is 303 g/mol. The Morgan fingerprint density at radius 3 is 2.62 bits per heavy atom. The third-order valence-electron chi connectivity index (χ3n) is 3.80. The lowest BCUT2D eigenvalue weighted by atomic mass is 10.0. The van der Waals surface area contributed by atoms with E-state index in [-0.39, 0.29) is 17.5 Å². The topological polar surface area (TPSA) is 53.2 Å². The number of hydrogen-bond donors (Lipinski definition) is 1. The number of nitrogens with one attached hydrogen (secondary N) is 1. The van der Waals surface area contributed by atoms with Crippen LogP contribution >= 0.6 is 11.6 Å². The number of carbonyl (C=O) groups is 1. The Morgan fingerprint density at radius 1 is 1.19 bits per heavy atom. The minimum absolute atomic E-state index is 0.0521. The molecule has 21 heavy (non-hydrogen) atoms. The van der Waals surface area contributed by atoms with Gasteiger partial charge in [0, 0.05) is 23.8 Å². The van der Waals surface area contributed by atoms with Gasteiger partial charge in [0.15, 0.2) is 0 Å². The molecular formula is C16H15ClN2O2. The molecule has 1 fully saturated rings. The second-order valence-corrected chi connectivity index (χ2v) is 5.59. The summed E-state index contributed by atoms with van der Waals surface area (Å²) < 4.78 is 0. The highest BCUT2D eigenvalue weighted by molar-refractivity contribution is 6.30. The summed E-state index contributed by atoms with van der Waals surface area (Å²) in [7, 11) is 0. The van der Waals surface area contributed by atoms with Gasteiger partial charge in [0.1, 0.15) is 0 Å². The standard InChI is InChI=1S/C16H15ClN2O2/c17-13-6-3-11(4-7-13)14-2-1-9-19(14)16(21)12-5-8-15(20)18-10-12/h3-8,10,14H,1-2,9H2,(H,18,20)/t14-/m1/s1. The van der Waals surface area contributed by atoms with Gasteiger partial charge in [0.2, 0.25) is 5.56 Å². The summed E-state index contributed by atoms with van der Waals surface area (Å²) in [6.45, 7) is 0.727. The molecule has 1 N–H and O–H groups in total. The summed E-state index contributed by atoms with van der Waals surface area (Å²) in [5.41, 5.74) is 1.40. The number of carbonyl (C=O) groups excluding carboxylic acids is 1. The third kappa shape index (κ3) is 2.85. The number of nitrogens with zero attached hydrogens (tertiary/aromatic N) is 1. The quantitative estimate of drug-likeness (QED) is 0.927. The number of halogens is 1. The van der Waals surface area contributed by atoms with Crippen LogP contribution in [0.3, 0.4) is 0 Å². The first-order valence-corrected chi connectivity index (χ1v) is 7.28. The molecule has 0 spiro atoms. The van der Waals surface area contributed by atoms with Crippen molar-refractivity contribution in [2.24, 2.45) is 0 Å². The van der Waals surface area contributed by atoms with E-state index in [9.17, 15) is 9.59 Å². The van der Waals surface area contributed by atoms with E-state index < -0.39 is 0 Å². The number of likely N-dealkylation sites (tertiary alicyclic amines) is 1. The number of H-pyrrole nitrogens is 1. The van der Waals surface area contributed by atoms with Crippen LogP contribution in [0.2, 0.25) is 5.02 Å². The maximum absolute atomic E-state index is 12.6. The van der Waals surface area contributed by atoms with E-state index in [1.807, 2.05) is 29.2 Å². The molecule has 3 rings (SSSR count). The van der Waals surface area contributed by atoms with E-state index in [2.05, 4.69) is 4.98 Å². The first kappa shape index (κ1) is 13.9. The molecule has 1 amide bonds. The molecule has 0 bridgehead atoms. The van der Waals surface area contributed by atoms with Gasteiger partial charge in [0.25, 0.3) is 5.91 Å². The van der Waals surface area contributed by atoms with Gasteiger partial charge in [-0.1, -0.05) is 23.7 Å². The monoisotopic (exact) mass is 302 g/mol. The summed E-state index contributed by atoms with van der Waals surface area (Å²) in [5, 5.41) is 0.690. The van der Waals surface area contributed by atoms with Crippen molar-refractivity contribution >= 4 is 17.5 Å². The number of pyridine rings is 1. The molecule has 1 aliphatic rings. The van der Waals surface area contributed by atoms with Gasteiger partial charge >= 0.3 is 0 Å². The molecule has 0 saturated carbocycles. The highest BCUT2D eigenvalue weighted by Crippen LogP contribution is 2.33. The average Bonchev–Trinajstić information content (AvgIpc) is 2.97. The van der Waals surface area contributed by atoms with Crippen LogP contribution in [0, 0.1) is 0 Å². The Morgan fingerprint density at radius 2 is 1.95 bits per heavy atom. The van der Waals surface area contributed by atoms with Crippen LogP contribution < -0.4 is 5.56 Å². The molecule has 0 aliphatic carbocycles. The zero-order valence-electron chi connectivity index (χ0n) is 11.4. The van der Waals surface area contributed by atoms with Crippen LogP contribution in [0.15, 0.2) is 47.4 Å². The highest BCUT2D eigenvalue weighted by atomic mass is 35.5. The SMILES string of the molecule is O=C(c1ccc(=O)[nH]c1)N1CCC[C@@H]1c1ccc(Cl)cc1. The lowest BCUT2D eigenvalue weighted by Crippen LogP contribution is -2.31. The molecule has 0 unspecified atom stereocenters. The molecule has 1 aromatic heterocycles. The van der Waals surface area contributed by atoms with E-state index in [1.165, 1.54) is 12.3 Å². The molecule has 1 saturated heterocycles. The van der Waals surface area contributed by atoms with Gasteiger partial charge in [-0.3, -0.25) is 9.59 Å². The number of benzene rings is 1. The minimum Gasteiger partial charge on any atom is -0.332 e. The first-order chi connectivity index (χ1) is 10.1. The number of aromatic nitrogens is 1. The third-order valence-corrected chi connectivity index (χ3v) is 4.05. The number of hydrogen-bond acceptors (Lipinski definition) is 2.